The van der Waals surface area contributed by atoms with E-state index >= 15 is 0 Å². The molecule has 0 aromatic carbocycles. The number of fused-ring (bicyclic) bond motifs is 1. The SMILES string of the molecule is CC(=O)OC(CO)C1=C(C(=O)O)N2C(=O)[C@H]([C@@H](C)O[Si](C)(C)C(C)(C)C)[C@H]2S1. The van der Waals surface area contributed by atoms with Gasteiger partial charge in [0.05, 0.1) is 23.5 Å². The number of esters is 1. The lowest BCUT2D eigenvalue weighted by Crippen LogP contribution is -2.62. The van der Waals surface area contributed by atoms with Crippen molar-refractivity contribution in [3.63, 3.8) is 0 Å². The number of β-lactam (4-membered cyclic amide) rings is 1. The number of hydrogen-bond acceptors (Lipinski definition) is 7. The van der Waals surface area contributed by atoms with Gasteiger partial charge in [0.25, 0.3) is 0 Å². The summed E-state index contributed by atoms with van der Waals surface area (Å²) in [4.78, 5) is 37.3. The van der Waals surface area contributed by atoms with E-state index < -0.39 is 44.3 Å². The van der Waals surface area contributed by atoms with Gasteiger partial charge in [-0.05, 0) is 25.1 Å². The lowest BCUT2D eigenvalue weighted by atomic mass is 9.92. The smallest absolute Gasteiger partial charge is 0.353 e. The molecule has 2 aliphatic heterocycles. The summed E-state index contributed by atoms with van der Waals surface area (Å²) in [5.74, 6) is -2.75. The predicted octanol–water partition coefficient (Wildman–Crippen LogP) is 2.15. The lowest BCUT2D eigenvalue weighted by Gasteiger charge is -2.48. The van der Waals surface area contributed by atoms with Crippen molar-refractivity contribution in [1.82, 2.24) is 4.90 Å². The molecule has 28 heavy (non-hydrogen) atoms. The van der Waals surface area contributed by atoms with Crippen molar-refractivity contribution < 1.29 is 33.8 Å². The first-order valence-corrected chi connectivity index (χ1v) is 12.9. The highest BCUT2D eigenvalue weighted by molar-refractivity contribution is 8.04. The number of carbonyl (C=O) groups is 3. The molecule has 0 aromatic rings. The summed E-state index contributed by atoms with van der Waals surface area (Å²) >= 11 is 1.15. The number of ether oxygens (including phenoxy) is 1. The fourth-order valence-corrected chi connectivity index (χ4v) is 6.17. The maximum atomic E-state index is 12.8. The second-order valence-corrected chi connectivity index (χ2v) is 14.5. The molecule has 1 amide bonds. The summed E-state index contributed by atoms with van der Waals surface area (Å²) in [6.07, 6.45) is -1.48. The van der Waals surface area contributed by atoms with Crippen molar-refractivity contribution in [2.45, 2.75) is 70.3 Å². The van der Waals surface area contributed by atoms with Gasteiger partial charge >= 0.3 is 11.9 Å². The van der Waals surface area contributed by atoms with Gasteiger partial charge in [0.2, 0.25) is 5.91 Å². The topological polar surface area (TPSA) is 113 Å². The number of carbonyl (C=O) groups excluding carboxylic acids is 2. The molecule has 10 heteroatoms. The van der Waals surface area contributed by atoms with E-state index in [9.17, 15) is 24.6 Å². The summed E-state index contributed by atoms with van der Waals surface area (Å²) in [6.45, 7) is 13.0. The number of carboxylic acid groups (broad SMARTS) is 1. The van der Waals surface area contributed by atoms with Crippen molar-refractivity contribution in [2.75, 3.05) is 6.61 Å². The first kappa shape index (κ1) is 22.9. The van der Waals surface area contributed by atoms with Gasteiger partial charge < -0.3 is 19.4 Å². The van der Waals surface area contributed by atoms with E-state index in [2.05, 4.69) is 33.9 Å². The molecule has 8 nitrogen and oxygen atoms in total. The molecule has 0 saturated carbocycles. The van der Waals surface area contributed by atoms with E-state index in [1.807, 2.05) is 6.92 Å². The Hall–Kier alpha value is -1.36. The number of aliphatic carboxylic acids is 1. The Balaban J connectivity index is 2.26. The molecular formula is C18H29NO7SSi. The molecule has 2 aliphatic rings. The fourth-order valence-electron chi connectivity index (χ4n) is 3.11. The lowest BCUT2D eigenvalue weighted by molar-refractivity contribution is -0.156. The number of carboxylic acids is 1. The second-order valence-electron chi connectivity index (χ2n) is 8.62. The van der Waals surface area contributed by atoms with E-state index in [-0.39, 0.29) is 27.7 Å². The third kappa shape index (κ3) is 4.00. The standard InChI is InChI=1S/C18H29NO7SSi/c1-9(26-28(6,7)18(3,4)5)12-15(22)19-13(17(23)24)14(27-16(12)19)11(8-20)25-10(2)21/h9,11-12,16,20H,8H2,1-7H3,(H,23,24)/t9-,11?,12+,16-/m1/s1. The van der Waals surface area contributed by atoms with Crippen LogP contribution < -0.4 is 0 Å². The van der Waals surface area contributed by atoms with Gasteiger partial charge in [-0.15, -0.1) is 0 Å². The average molecular weight is 432 g/mol. The summed E-state index contributed by atoms with van der Waals surface area (Å²) in [6, 6.07) is 0. The third-order valence-corrected chi connectivity index (χ3v) is 11.6. The predicted molar refractivity (Wildman–Crippen MR) is 107 cm³/mol. The molecule has 2 N–H and O–H groups in total. The molecule has 158 valence electrons. The maximum Gasteiger partial charge on any atom is 0.353 e. The number of thioether (sulfide) groups is 1. The Morgan fingerprint density at radius 3 is 2.32 bits per heavy atom. The summed E-state index contributed by atoms with van der Waals surface area (Å²) < 4.78 is 11.4. The number of aliphatic hydroxyl groups is 1. The Morgan fingerprint density at radius 1 is 1.32 bits per heavy atom. The zero-order valence-corrected chi connectivity index (χ0v) is 19.1. The van der Waals surface area contributed by atoms with Crippen molar-refractivity contribution in [3.05, 3.63) is 10.6 Å². The molecule has 0 aliphatic carbocycles. The van der Waals surface area contributed by atoms with Crippen LogP contribution in [0.2, 0.25) is 18.1 Å². The molecule has 0 spiro atoms. The van der Waals surface area contributed by atoms with Crippen LogP contribution in [0.25, 0.3) is 0 Å². The number of amides is 1. The zero-order chi connectivity index (χ0) is 21.6. The Kier molecular flexibility index (Phi) is 6.39. The van der Waals surface area contributed by atoms with Gasteiger partial charge in [-0.25, -0.2) is 4.79 Å². The van der Waals surface area contributed by atoms with Crippen LogP contribution in [0, 0.1) is 5.92 Å². The first-order valence-electron chi connectivity index (χ1n) is 9.16. The van der Waals surface area contributed by atoms with Crippen LogP contribution in [-0.2, 0) is 23.5 Å². The van der Waals surface area contributed by atoms with E-state index in [1.165, 1.54) is 11.8 Å². The maximum absolute atomic E-state index is 12.8. The molecule has 2 rings (SSSR count). The Labute approximate surface area is 170 Å². The quantitative estimate of drug-likeness (QED) is 0.358. The van der Waals surface area contributed by atoms with E-state index in [4.69, 9.17) is 9.16 Å². The van der Waals surface area contributed by atoms with Gasteiger partial charge in [0.15, 0.2) is 14.4 Å². The van der Waals surface area contributed by atoms with Gasteiger partial charge in [-0.3, -0.25) is 14.5 Å². The minimum Gasteiger partial charge on any atom is -0.477 e. The molecule has 2 heterocycles. The third-order valence-electron chi connectivity index (χ3n) is 5.57. The molecule has 0 radical (unpaired) electrons. The van der Waals surface area contributed by atoms with E-state index in [1.54, 1.807) is 0 Å². The van der Waals surface area contributed by atoms with Crippen LogP contribution in [-0.4, -0.2) is 65.5 Å². The highest BCUT2D eigenvalue weighted by Crippen LogP contribution is 2.52. The van der Waals surface area contributed by atoms with Crippen molar-refractivity contribution in [1.29, 1.82) is 0 Å². The van der Waals surface area contributed by atoms with Crippen LogP contribution >= 0.6 is 11.8 Å². The van der Waals surface area contributed by atoms with Gasteiger partial charge in [-0.2, -0.15) is 0 Å². The first-order chi connectivity index (χ1) is 12.7. The average Bonchev–Trinajstić information content (AvgIpc) is 2.86. The van der Waals surface area contributed by atoms with E-state index in [0.717, 1.165) is 11.8 Å². The van der Waals surface area contributed by atoms with E-state index in [0.29, 0.717) is 0 Å². The van der Waals surface area contributed by atoms with Crippen molar-refractivity contribution in [3.8, 4) is 0 Å². The molecule has 0 bridgehead atoms. The molecule has 4 atom stereocenters. The minimum atomic E-state index is -2.11. The number of hydrogen-bond donors (Lipinski definition) is 2. The summed E-state index contributed by atoms with van der Waals surface area (Å²) in [5.41, 5.74) is -0.226. The molecular weight excluding hydrogens is 402 g/mol. The molecule has 1 fully saturated rings. The fraction of sp³-hybridized carbons (Fsp3) is 0.722. The van der Waals surface area contributed by atoms with Crippen molar-refractivity contribution >= 4 is 37.9 Å². The van der Waals surface area contributed by atoms with Crippen LogP contribution in [0.3, 0.4) is 0 Å². The van der Waals surface area contributed by atoms with Gasteiger partial charge in [0.1, 0.15) is 11.1 Å². The summed E-state index contributed by atoms with van der Waals surface area (Å²) in [5, 5.41) is 18.7. The normalized spacial score (nSPS) is 24.6. The minimum absolute atomic E-state index is 0.0243. The largest absolute Gasteiger partial charge is 0.477 e. The highest BCUT2D eigenvalue weighted by Gasteiger charge is 2.60. The van der Waals surface area contributed by atoms with Crippen LogP contribution in [0.1, 0.15) is 34.6 Å². The Bertz CT molecular complexity index is 715. The molecule has 1 unspecified atom stereocenters. The number of aliphatic hydroxyl groups excluding tert-OH is 1. The number of nitrogens with zero attached hydrogens (tertiary/aromatic N) is 1. The van der Waals surface area contributed by atoms with Crippen LogP contribution in [0.15, 0.2) is 10.6 Å². The zero-order valence-electron chi connectivity index (χ0n) is 17.3. The van der Waals surface area contributed by atoms with Crippen LogP contribution in [0.5, 0.6) is 0 Å². The molecule has 1 saturated heterocycles. The van der Waals surface area contributed by atoms with Gasteiger partial charge in [-0.1, -0.05) is 32.5 Å². The monoisotopic (exact) mass is 431 g/mol. The Morgan fingerprint density at radius 2 is 1.89 bits per heavy atom. The number of rotatable bonds is 7. The van der Waals surface area contributed by atoms with Crippen molar-refractivity contribution in [2.24, 2.45) is 5.92 Å². The molecule has 0 aromatic heterocycles. The van der Waals surface area contributed by atoms with Gasteiger partial charge in [0, 0.05) is 6.92 Å². The highest BCUT2D eigenvalue weighted by atomic mass is 32.2. The second kappa shape index (κ2) is 7.81. The van der Waals surface area contributed by atoms with Crippen LogP contribution in [0.4, 0.5) is 0 Å². The summed E-state index contributed by atoms with van der Waals surface area (Å²) in [7, 11) is -2.11.